The quantitative estimate of drug-likeness (QED) is 0.856. The van der Waals surface area contributed by atoms with Gasteiger partial charge >= 0.3 is 6.18 Å². The minimum atomic E-state index is -4.25. The zero-order valence-corrected chi connectivity index (χ0v) is 11.1. The lowest BCUT2D eigenvalue weighted by Crippen LogP contribution is -2.42. The average molecular weight is 271 g/mol. The van der Waals surface area contributed by atoms with E-state index < -0.39 is 12.2 Å². The Labute approximate surface area is 112 Å². The zero-order valence-electron chi connectivity index (χ0n) is 11.1. The summed E-state index contributed by atoms with van der Waals surface area (Å²) in [4.78, 5) is 0. The van der Waals surface area contributed by atoms with Crippen LogP contribution >= 0.6 is 0 Å². The number of nitrogens with one attached hydrogen (secondary N) is 1. The highest BCUT2D eigenvalue weighted by Gasteiger charge is 2.41. The zero-order chi connectivity index (χ0) is 13.9. The van der Waals surface area contributed by atoms with Crippen LogP contribution < -0.4 is 5.32 Å². The van der Waals surface area contributed by atoms with Crippen LogP contribution in [0.2, 0.25) is 0 Å². The molecule has 1 nitrogen and oxygen atoms in total. The van der Waals surface area contributed by atoms with Crippen LogP contribution in [0, 0.1) is 5.92 Å². The van der Waals surface area contributed by atoms with Gasteiger partial charge in [-0.3, -0.25) is 5.32 Å². The second-order valence-electron chi connectivity index (χ2n) is 5.51. The lowest BCUT2D eigenvalue weighted by atomic mass is 9.86. The number of rotatable bonds is 3. The molecule has 1 N–H and O–H groups in total. The van der Waals surface area contributed by atoms with Crippen molar-refractivity contribution in [1.29, 1.82) is 0 Å². The standard InChI is InChI=1S/C15H20F3N/c1-11-7-9-13(10-8-11)19-14(15(16,17)18)12-5-3-2-4-6-12/h2-6,11,13-14,19H,7-10H2,1H3. The molecule has 0 amide bonds. The molecule has 1 saturated carbocycles. The fourth-order valence-electron chi connectivity index (χ4n) is 2.69. The Balaban J connectivity index is 2.07. The molecule has 0 heterocycles. The third-order valence-electron chi connectivity index (χ3n) is 3.88. The van der Waals surface area contributed by atoms with Crippen molar-refractivity contribution in [2.45, 2.75) is 50.9 Å². The largest absolute Gasteiger partial charge is 0.407 e. The van der Waals surface area contributed by atoms with Crippen molar-refractivity contribution < 1.29 is 13.2 Å². The summed E-state index contributed by atoms with van der Waals surface area (Å²) in [6, 6.07) is 6.54. The Morgan fingerprint density at radius 3 is 2.16 bits per heavy atom. The number of alkyl halides is 3. The first-order chi connectivity index (χ1) is 8.97. The molecule has 1 atom stereocenters. The second kappa shape index (κ2) is 5.95. The summed E-state index contributed by atoms with van der Waals surface area (Å²) in [5, 5.41) is 2.81. The molecule has 1 aromatic rings. The number of benzene rings is 1. The van der Waals surface area contributed by atoms with E-state index in [1.807, 2.05) is 0 Å². The van der Waals surface area contributed by atoms with Gasteiger partial charge in [-0.2, -0.15) is 13.2 Å². The third-order valence-corrected chi connectivity index (χ3v) is 3.88. The van der Waals surface area contributed by atoms with Gasteiger partial charge in [0.05, 0.1) is 0 Å². The summed E-state index contributed by atoms with van der Waals surface area (Å²) in [6.45, 7) is 2.16. The van der Waals surface area contributed by atoms with E-state index in [2.05, 4.69) is 12.2 Å². The molecule has 1 unspecified atom stereocenters. The van der Waals surface area contributed by atoms with Crippen molar-refractivity contribution >= 4 is 0 Å². The van der Waals surface area contributed by atoms with Gasteiger partial charge in [-0.1, -0.05) is 37.3 Å². The predicted octanol–water partition coefficient (Wildman–Crippen LogP) is 4.46. The normalized spacial score (nSPS) is 26.1. The number of hydrogen-bond donors (Lipinski definition) is 1. The van der Waals surface area contributed by atoms with E-state index in [0.717, 1.165) is 25.7 Å². The van der Waals surface area contributed by atoms with Gasteiger partial charge in [0.25, 0.3) is 0 Å². The molecular formula is C15H20F3N. The molecule has 0 saturated heterocycles. The summed E-state index contributed by atoms with van der Waals surface area (Å²) in [5.41, 5.74) is 0.300. The monoisotopic (exact) mass is 271 g/mol. The van der Waals surface area contributed by atoms with Crippen molar-refractivity contribution in [3.8, 4) is 0 Å². The first-order valence-electron chi connectivity index (χ1n) is 6.84. The molecule has 0 aliphatic heterocycles. The fraction of sp³-hybridized carbons (Fsp3) is 0.600. The van der Waals surface area contributed by atoms with Crippen LogP contribution in [0.4, 0.5) is 13.2 Å². The van der Waals surface area contributed by atoms with Crippen molar-refractivity contribution in [2.75, 3.05) is 0 Å². The summed E-state index contributed by atoms with van der Waals surface area (Å²) in [7, 11) is 0. The van der Waals surface area contributed by atoms with Gasteiger partial charge in [0.15, 0.2) is 0 Å². The van der Waals surface area contributed by atoms with Crippen molar-refractivity contribution in [2.24, 2.45) is 5.92 Å². The Bertz CT molecular complexity index is 380. The molecule has 19 heavy (non-hydrogen) atoms. The minimum absolute atomic E-state index is 0.0250. The topological polar surface area (TPSA) is 12.0 Å². The van der Waals surface area contributed by atoms with Crippen molar-refractivity contribution in [3.05, 3.63) is 35.9 Å². The van der Waals surface area contributed by atoms with Gasteiger partial charge in [-0.25, -0.2) is 0 Å². The second-order valence-corrected chi connectivity index (χ2v) is 5.51. The highest BCUT2D eigenvalue weighted by atomic mass is 19.4. The Morgan fingerprint density at radius 2 is 1.63 bits per heavy atom. The molecule has 1 fully saturated rings. The van der Waals surface area contributed by atoms with E-state index in [0.29, 0.717) is 11.5 Å². The highest BCUT2D eigenvalue weighted by molar-refractivity contribution is 5.20. The summed E-state index contributed by atoms with van der Waals surface area (Å²) in [5.74, 6) is 0.638. The number of hydrogen-bond acceptors (Lipinski definition) is 1. The molecule has 1 aromatic carbocycles. The van der Waals surface area contributed by atoms with Gasteiger partial charge in [-0.15, -0.1) is 0 Å². The molecule has 0 spiro atoms. The van der Waals surface area contributed by atoms with Crippen LogP contribution in [0.1, 0.15) is 44.2 Å². The van der Waals surface area contributed by atoms with Crippen LogP contribution in [-0.4, -0.2) is 12.2 Å². The molecule has 0 aromatic heterocycles. The molecule has 106 valence electrons. The maximum Gasteiger partial charge on any atom is 0.407 e. The van der Waals surface area contributed by atoms with E-state index in [4.69, 9.17) is 0 Å². The maximum absolute atomic E-state index is 13.2. The molecule has 1 aliphatic rings. The Morgan fingerprint density at radius 1 is 1.05 bits per heavy atom. The van der Waals surface area contributed by atoms with Crippen LogP contribution in [0.25, 0.3) is 0 Å². The van der Waals surface area contributed by atoms with Gasteiger partial charge in [0, 0.05) is 6.04 Å². The van der Waals surface area contributed by atoms with Crippen molar-refractivity contribution in [1.82, 2.24) is 5.32 Å². The first kappa shape index (κ1) is 14.4. The van der Waals surface area contributed by atoms with E-state index >= 15 is 0 Å². The van der Waals surface area contributed by atoms with E-state index in [1.54, 1.807) is 18.2 Å². The third kappa shape index (κ3) is 3.96. The SMILES string of the molecule is CC1CCC(NC(c2ccccc2)C(F)(F)F)CC1. The van der Waals surface area contributed by atoms with Crippen LogP contribution in [0.3, 0.4) is 0 Å². The number of halogens is 3. The van der Waals surface area contributed by atoms with Crippen LogP contribution in [0.5, 0.6) is 0 Å². The minimum Gasteiger partial charge on any atom is -0.300 e. The van der Waals surface area contributed by atoms with E-state index in [1.165, 1.54) is 12.1 Å². The van der Waals surface area contributed by atoms with Gasteiger partial charge in [0.2, 0.25) is 0 Å². The molecule has 4 heteroatoms. The summed E-state index contributed by atoms with van der Waals surface area (Å²) < 4.78 is 39.5. The van der Waals surface area contributed by atoms with Gasteiger partial charge in [0.1, 0.15) is 6.04 Å². The molecule has 1 aliphatic carbocycles. The Kier molecular flexibility index (Phi) is 4.50. The molecular weight excluding hydrogens is 251 g/mol. The highest BCUT2D eigenvalue weighted by Crippen LogP contribution is 2.35. The molecule has 0 radical (unpaired) electrons. The Hall–Kier alpha value is -1.03. The van der Waals surface area contributed by atoms with Crippen LogP contribution in [-0.2, 0) is 0 Å². The lowest BCUT2D eigenvalue weighted by molar-refractivity contribution is -0.160. The fourth-order valence-corrected chi connectivity index (χ4v) is 2.69. The average Bonchev–Trinajstić information content (AvgIpc) is 2.37. The first-order valence-corrected chi connectivity index (χ1v) is 6.84. The smallest absolute Gasteiger partial charge is 0.300 e. The van der Waals surface area contributed by atoms with Crippen molar-refractivity contribution in [3.63, 3.8) is 0 Å². The summed E-state index contributed by atoms with van der Waals surface area (Å²) in [6.07, 6.45) is -0.556. The summed E-state index contributed by atoms with van der Waals surface area (Å²) >= 11 is 0. The van der Waals surface area contributed by atoms with Gasteiger partial charge in [-0.05, 0) is 37.2 Å². The van der Waals surface area contributed by atoms with E-state index in [-0.39, 0.29) is 6.04 Å². The van der Waals surface area contributed by atoms with Gasteiger partial charge < -0.3 is 0 Å². The molecule has 2 rings (SSSR count). The lowest BCUT2D eigenvalue weighted by Gasteiger charge is -2.32. The van der Waals surface area contributed by atoms with Crippen LogP contribution in [0.15, 0.2) is 30.3 Å². The maximum atomic E-state index is 13.2. The predicted molar refractivity (Wildman–Crippen MR) is 69.8 cm³/mol. The van der Waals surface area contributed by atoms with E-state index in [9.17, 15) is 13.2 Å². The molecule has 0 bridgehead atoms.